The Morgan fingerprint density at radius 3 is 2.21 bits per heavy atom. The van der Waals surface area contributed by atoms with Gasteiger partial charge in [-0.05, 0) is 54.8 Å². The van der Waals surface area contributed by atoms with Crippen LogP contribution in [0.1, 0.15) is 28.8 Å². The van der Waals surface area contributed by atoms with Gasteiger partial charge in [-0.1, -0.05) is 12.1 Å². The Kier molecular flexibility index (Phi) is 5.90. The number of carbonyl (C=O) groups is 2. The molecule has 2 aromatic carbocycles. The van der Waals surface area contributed by atoms with Gasteiger partial charge in [0.05, 0.1) is 0 Å². The highest BCUT2D eigenvalue weighted by molar-refractivity contribution is 5.97. The van der Waals surface area contributed by atoms with Crippen molar-refractivity contribution in [3.8, 4) is 0 Å². The van der Waals surface area contributed by atoms with E-state index < -0.39 is 0 Å². The fourth-order valence-electron chi connectivity index (χ4n) is 4.00. The molecule has 2 aliphatic rings. The van der Waals surface area contributed by atoms with Crippen LogP contribution < -0.4 is 4.90 Å². The number of halogens is 1. The third kappa shape index (κ3) is 4.65. The van der Waals surface area contributed by atoms with E-state index in [0.29, 0.717) is 25.1 Å². The van der Waals surface area contributed by atoms with Gasteiger partial charge >= 0.3 is 0 Å². The molecule has 2 amide bonds. The molecule has 5 nitrogen and oxygen atoms in total. The van der Waals surface area contributed by atoms with Gasteiger partial charge in [0.25, 0.3) is 5.91 Å². The van der Waals surface area contributed by atoms with Gasteiger partial charge in [0.15, 0.2) is 0 Å². The van der Waals surface area contributed by atoms with Gasteiger partial charge < -0.3 is 9.80 Å². The van der Waals surface area contributed by atoms with E-state index in [0.717, 1.165) is 50.3 Å². The molecule has 0 spiro atoms. The minimum absolute atomic E-state index is 0.0440. The van der Waals surface area contributed by atoms with Gasteiger partial charge in [-0.25, -0.2) is 4.39 Å². The lowest BCUT2D eigenvalue weighted by Crippen LogP contribution is -2.49. The molecule has 152 valence electrons. The summed E-state index contributed by atoms with van der Waals surface area (Å²) in [5, 5.41) is 0. The molecule has 0 aromatic heterocycles. The van der Waals surface area contributed by atoms with Crippen LogP contribution in [-0.4, -0.2) is 60.9 Å². The predicted octanol–water partition coefficient (Wildman–Crippen LogP) is 2.95. The predicted molar refractivity (Wildman–Crippen MR) is 110 cm³/mol. The summed E-state index contributed by atoms with van der Waals surface area (Å²) in [7, 11) is 0. The maximum absolute atomic E-state index is 13.0. The molecule has 0 unspecified atom stereocenters. The molecule has 2 heterocycles. The number of anilines is 1. The summed E-state index contributed by atoms with van der Waals surface area (Å²) in [5.74, 6) is -0.00995. The Morgan fingerprint density at radius 2 is 1.59 bits per heavy atom. The summed E-state index contributed by atoms with van der Waals surface area (Å²) in [6.45, 7) is 4.75. The van der Waals surface area contributed by atoms with Crippen molar-refractivity contribution >= 4 is 17.5 Å². The Balaban J connectivity index is 1.27. The van der Waals surface area contributed by atoms with E-state index in [4.69, 9.17) is 0 Å². The number of piperazine rings is 1. The first-order valence-electron chi connectivity index (χ1n) is 10.3. The second kappa shape index (κ2) is 8.74. The first-order chi connectivity index (χ1) is 14.1. The molecular weight excluding hydrogens is 369 g/mol. The largest absolute Gasteiger partial charge is 0.336 e. The van der Waals surface area contributed by atoms with E-state index in [-0.39, 0.29) is 17.6 Å². The summed E-state index contributed by atoms with van der Waals surface area (Å²) in [4.78, 5) is 30.7. The molecule has 6 heteroatoms. The molecule has 2 aliphatic heterocycles. The lowest BCUT2D eigenvalue weighted by atomic mass is 10.1. The lowest BCUT2D eigenvalue weighted by molar-refractivity contribution is -0.117. The zero-order chi connectivity index (χ0) is 20.2. The summed E-state index contributed by atoms with van der Waals surface area (Å²) in [6.07, 6.45) is 2.38. The maximum Gasteiger partial charge on any atom is 0.253 e. The molecule has 0 aliphatic carbocycles. The van der Waals surface area contributed by atoms with Crippen molar-refractivity contribution in [3.05, 3.63) is 65.5 Å². The molecule has 0 saturated carbocycles. The second-order valence-corrected chi connectivity index (χ2v) is 7.71. The SMILES string of the molecule is O=C(c1ccc(N2CCCC2=O)cc1)N1CCN(CCc2ccc(F)cc2)CC1. The number of hydrogen-bond acceptors (Lipinski definition) is 3. The number of rotatable bonds is 5. The number of amides is 2. The average Bonchev–Trinajstić information content (AvgIpc) is 3.19. The topological polar surface area (TPSA) is 43.9 Å². The number of hydrogen-bond donors (Lipinski definition) is 0. The smallest absolute Gasteiger partial charge is 0.253 e. The Labute approximate surface area is 170 Å². The molecule has 2 aromatic rings. The Morgan fingerprint density at radius 1 is 0.897 bits per heavy atom. The zero-order valence-electron chi connectivity index (χ0n) is 16.5. The highest BCUT2D eigenvalue weighted by Crippen LogP contribution is 2.22. The van der Waals surface area contributed by atoms with Crippen molar-refractivity contribution in [2.24, 2.45) is 0 Å². The molecule has 0 atom stereocenters. The van der Waals surface area contributed by atoms with Crippen molar-refractivity contribution in [2.45, 2.75) is 19.3 Å². The normalized spacial score (nSPS) is 17.8. The van der Waals surface area contributed by atoms with Crippen LogP contribution in [0.3, 0.4) is 0 Å². The fraction of sp³-hybridized carbons (Fsp3) is 0.391. The molecule has 29 heavy (non-hydrogen) atoms. The summed E-state index contributed by atoms with van der Waals surface area (Å²) < 4.78 is 13.0. The number of benzene rings is 2. The number of nitrogens with zero attached hydrogens (tertiary/aromatic N) is 3. The summed E-state index contributed by atoms with van der Waals surface area (Å²) in [5.41, 5.74) is 2.66. The van der Waals surface area contributed by atoms with E-state index in [1.807, 2.05) is 41.3 Å². The maximum atomic E-state index is 13.0. The molecule has 0 N–H and O–H groups in total. The molecule has 4 rings (SSSR count). The van der Waals surface area contributed by atoms with Gasteiger partial charge in [0.2, 0.25) is 5.91 Å². The van der Waals surface area contributed by atoms with E-state index in [2.05, 4.69) is 4.90 Å². The highest BCUT2D eigenvalue weighted by Gasteiger charge is 2.24. The Hall–Kier alpha value is -2.73. The van der Waals surface area contributed by atoms with Crippen LogP contribution in [-0.2, 0) is 11.2 Å². The van der Waals surface area contributed by atoms with Crippen LogP contribution in [0.2, 0.25) is 0 Å². The van der Waals surface area contributed by atoms with Gasteiger partial charge in [-0.3, -0.25) is 14.5 Å². The quantitative estimate of drug-likeness (QED) is 0.782. The first-order valence-corrected chi connectivity index (χ1v) is 10.3. The van der Waals surface area contributed by atoms with Crippen molar-refractivity contribution in [2.75, 3.05) is 44.2 Å². The van der Waals surface area contributed by atoms with Gasteiger partial charge in [-0.15, -0.1) is 0 Å². The van der Waals surface area contributed by atoms with Crippen LogP contribution >= 0.6 is 0 Å². The fourth-order valence-corrected chi connectivity index (χ4v) is 4.00. The first kappa shape index (κ1) is 19.6. The molecular formula is C23H26FN3O2. The van der Waals surface area contributed by atoms with Gasteiger partial charge in [0.1, 0.15) is 5.82 Å². The van der Waals surface area contributed by atoms with Crippen LogP contribution in [0.5, 0.6) is 0 Å². The van der Waals surface area contributed by atoms with Crippen LogP contribution in [0.4, 0.5) is 10.1 Å². The zero-order valence-corrected chi connectivity index (χ0v) is 16.5. The van der Waals surface area contributed by atoms with Gasteiger partial charge in [0, 0.05) is 56.9 Å². The van der Waals surface area contributed by atoms with E-state index in [1.165, 1.54) is 12.1 Å². The van der Waals surface area contributed by atoms with Crippen molar-refractivity contribution in [1.82, 2.24) is 9.80 Å². The summed E-state index contributed by atoms with van der Waals surface area (Å²) >= 11 is 0. The van der Waals surface area contributed by atoms with Crippen molar-refractivity contribution in [3.63, 3.8) is 0 Å². The second-order valence-electron chi connectivity index (χ2n) is 7.71. The molecule has 2 fully saturated rings. The van der Waals surface area contributed by atoms with Crippen molar-refractivity contribution in [1.29, 1.82) is 0 Å². The van der Waals surface area contributed by atoms with E-state index in [1.54, 1.807) is 4.90 Å². The molecule has 2 saturated heterocycles. The number of carbonyl (C=O) groups excluding carboxylic acids is 2. The minimum atomic E-state index is -0.207. The van der Waals surface area contributed by atoms with E-state index in [9.17, 15) is 14.0 Å². The van der Waals surface area contributed by atoms with Crippen LogP contribution in [0, 0.1) is 5.82 Å². The van der Waals surface area contributed by atoms with Crippen molar-refractivity contribution < 1.29 is 14.0 Å². The van der Waals surface area contributed by atoms with Gasteiger partial charge in [-0.2, -0.15) is 0 Å². The molecule has 0 bridgehead atoms. The minimum Gasteiger partial charge on any atom is -0.336 e. The monoisotopic (exact) mass is 395 g/mol. The van der Waals surface area contributed by atoms with E-state index >= 15 is 0 Å². The summed E-state index contributed by atoms with van der Waals surface area (Å²) in [6, 6.07) is 14.0. The third-order valence-electron chi connectivity index (χ3n) is 5.79. The highest BCUT2D eigenvalue weighted by atomic mass is 19.1. The average molecular weight is 395 g/mol. The molecule has 0 radical (unpaired) electrons. The van der Waals surface area contributed by atoms with Crippen LogP contribution in [0.25, 0.3) is 0 Å². The lowest BCUT2D eigenvalue weighted by Gasteiger charge is -2.34. The third-order valence-corrected chi connectivity index (χ3v) is 5.79. The van der Waals surface area contributed by atoms with Crippen LogP contribution in [0.15, 0.2) is 48.5 Å². The standard InChI is InChI=1S/C23H26FN3O2/c24-20-7-3-18(4-8-20)11-13-25-14-16-26(17-15-25)23(29)19-5-9-21(10-6-19)27-12-1-2-22(27)28/h3-10H,1-2,11-17H2. The Bertz CT molecular complexity index is 859.